The van der Waals surface area contributed by atoms with Crippen LogP contribution in [0.4, 0.5) is 10.8 Å². The first kappa shape index (κ1) is 19.7. The van der Waals surface area contributed by atoms with Gasteiger partial charge in [0.2, 0.25) is 11.0 Å². The summed E-state index contributed by atoms with van der Waals surface area (Å²) in [6.45, 7) is 0. The highest BCUT2D eigenvalue weighted by atomic mass is 35.5. The maximum atomic E-state index is 12.1. The third kappa shape index (κ3) is 5.74. The van der Waals surface area contributed by atoms with Crippen molar-refractivity contribution in [1.82, 2.24) is 10.2 Å². The number of hydrogen-bond donors (Lipinski definition) is 2. The lowest BCUT2D eigenvalue weighted by Gasteiger charge is -2.21. The van der Waals surface area contributed by atoms with E-state index in [9.17, 15) is 4.79 Å². The summed E-state index contributed by atoms with van der Waals surface area (Å²) in [5.41, 5.74) is 0.459. The minimum atomic E-state index is -0.127. The Kier molecular flexibility index (Phi) is 7.42. The number of rotatable bonds is 7. The molecule has 3 rings (SSSR count). The van der Waals surface area contributed by atoms with Gasteiger partial charge in [0.25, 0.3) is 0 Å². The van der Waals surface area contributed by atoms with E-state index in [1.807, 2.05) is 0 Å². The first-order chi connectivity index (χ1) is 12.6. The van der Waals surface area contributed by atoms with E-state index in [1.54, 1.807) is 29.5 Å². The molecule has 0 aliphatic heterocycles. The monoisotopic (exact) mass is 430 g/mol. The Bertz CT molecular complexity index is 730. The summed E-state index contributed by atoms with van der Waals surface area (Å²) in [7, 11) is 0. The predicted octanol–water partition coefficient (Wildman–Crippen LogP) is 5.71. The zero-order valence-corrected chi connectivity index (χ0v) is 17.3. The van der Waals surface area contributed by atoms with Crippen LogP contribution in [0.25, 0.3) is 0 Å². The van der Waals surface area contributed by atoms with Crippen LogP contribution in [0.3, 0.4) is 0 Å². The molecule has 26 heavy (non-hydrogen) atoms. The van der Waals surface area contributed by atoms with E-state index in [0.717, 1.165) is 9.47 Å². The molecule has 1 aromatic heterocycles. The highest BCUT2D eigenvalue weighted by Gasteiger charge is 2.15. The Balaban J connectivity index is 1.42. The molecular formula is C17H20Cl2N4OS2. The van der Waals surface area contributed by atoms with E-state index in [1.165, 1.54) is 43.9 Å². The van der Waals surface area contributed by atoms with Crippen LogP contribution < -0.4 is 10.6 Å². The van der Waals surface area contributed by atoms with Gasteiger partial charge in [-0.3, -0.25) is 4.79 Å². The van der Waals surface area contributed by atoms with Gasteiger partial charge in [0.1, 0.15) is 0 Å². The Morgan fingerprint density at radius 3 is 2.65 bits per heavy atom. The third-order valence-corrected chi connectivity index (χ3v) is 6.74. The zero-order valence-electron chi connectivity index (χ0n) is 14.1. The minimum absolute atomic E-state index is 0.127. The molecule has 0 spiro atoms. The standard InChI is InChI=1S/C17H20Cl2N4OS2/c18-12-7-4-8-13(19)15(12)21-14(24)9-10-25-17-23-22-16(26-17)20-11-5-2-1-3-6-11/h4,7-8,11H,1-3,5-6,9-10H2,(H,20,22)(H,21,24). The fourth-order valence-electron chi connectivity index (χ4n) is 2.80. The first-order valence-corrected chi connectivity index (χ1v) is 11.1. The van der Waals surface area contributed by atoms with E-state index in [-0.39, 0.29) is 5.91 Å². The van der Waals surface area contributed by atoms with E-state index < -0.39 is 0 Å². The number of halogens is 2. The van der Waals surface area contributed by atoms with Crippen molar-refractivity contribution in [3.8, 4) is 0 Å². The maximum Gasteiger partial charge on any atom is 0.225 e. The summed E-state index contributed by atoms with van der Waals surface area (Å²) in [5.74, 6) is 0.490. The van der Waals surface area contributed by atoms with Gasteiger partial charge in [0.15, 0.2) is 4.34 Å². The normalized spacial score (nSPS) is 15.0. The molecule has 0 unspecified atom stereocenters. The number of nitrogens with one attached hydrogen (secondary N) is 2. The van der Waals surface area contributed by atoms with Crippen molar-refractivity contribution < 1.29 is 4.79 Å². The second-order valence-electron chi connectivity index (χ2n) is 6.10. The molecule has 1 heterocycles. The van der Waals surface area contributed by atoms with Gasteiger partial charge in [0.05, 0.1) is 15.7 Å². The highest BCUT2D eigenvalue weighted by molar-refractivity contribution is 8.01. The van der Waals surface area contributed by atoms with Crippen molar-refractivity contribution in [1.29, 1.82) is 0 Å². The summed E-state index contributed by atoms with van der Waals surface area (Å²) >= 11 is 15.2. The zero-order chi connectivity index (χ0) is 18.4. The summed E-state index contributed by atoms with van der Waals surface area (Å²) in [5, 5.41) is 16.3. The van der Waals surface area contributed by atoms with Gasteiger partial charge in [-0.05, 0) is 25.0 Å². The van der Waals surface area contributed by atoms with E-state index in [4.69, 9.17) is 23.2 Å². The van der Waals surface area contributed by atoms with Gasteiger partial charge < -0.3 is 10.6 Å². The van der Waals surface area contributed by atoms with Crippen molar-refractivity contribution in [3.63, 3.8) is 0 Å². The molecule has 1 aromatic carbocycles. The Morgan fingerprint density at radius 1 is 1.19 bits per heavy atom. The average Bonchev–Trinajstić information content (AvgIpc) is 3.06. The number of hydrogen-bond acceptors (Lipinski definition) is 6. The number of amides is 1. The summed E-state index contributed by atoms with van der Waals surface area (Å²) in [6, 6.07) is 5.64. The van der Waals surface area contributed by atoms with Gasteiger partial charge in [-0.2, -0.15) is 0 Å². The first-order valence-electron chi connectivity index (χ1n) is 8.58. The van der Waals surface area contributed by atoms with Crippen LogP contribution in [0.2, 0.25) is 10.0 Å². The van der Waals surface area contributed by atoms with E-state index in [2.05, 4.69) is 20.8 Å². The largest absolute Gasteiger partial charge is 0.357 e. The number of para-hydroxylation sites is 1. The number of carbonyl (C=O) groups excluding carboxylic acids is 1. The minimum Gasteiger partial charge on any atom is -0.357 e. The third-order valence-electron chi connectivity index (χ3n) is 4.12. The number of benzene rings is 1. The molecule has 2 N–H and O–H groups in total. The molecule has 1 fully saturated rings. The topological polar surface area (TPSA) is 66.9 Å². The molecule has 1 aliphatic carbocycles. The van der Waals surface area contributed by atoms with E-state index >= 15 is 0 Å². The van der Waals surface area contributed by atoms with Crippen LogP contribution in [-0.2, 0) is 4.79 Å². The Morgan fingerprint density at radius 2 is 1.92 bits per heavy atom. The number of anilines is 2. The van der Waals surface area contributed by atoms with Crippen molar-refractivity contribution in [2.75, 3.05) is 16.4 Å². The molecule has 0 atom stereocenters. The van der Waals surface area contributed by atoms with Gasteiger partial charge in [-0.25, -0.2) is 0 Å². The molecule has 0 bridgehead atoms. The Hall–Kier alpha value is -1.02. The van der Waals surface area contributed by atoms with Crippen LogP contribution in [0.1, 0.15) is 38.5 Å². The van der Waals surface area contributed by atoms with Crippen molar-refractivity contribution >= 4 is 63.0 Å². The predicted molar refractivity (Wildman–Crippen MR) is 111 cm³/mol. The lowest BCUT2D eigenvalue weighted by molar-refractivity contribution is -0.115. The number of aromatic nitrogens is 2. The molecule has 0 radical (unpaired) electrons. The molecule has 1 saturated carbocycles. The summed E-state index contributed by atoms with van der Waals surface area (Å²) < 4.78 is 0.867. The lowest BCUT2D eigenvalue weighted by atomic mass is 9.96. The smallest absolute Gasteiger partial charge is 0.225 e. The van der Waals surface area contributed by atoms with Crippen LogP contribution >= 0.6 is 46.3 Å². The van der Waals surface area contributed by atoms with Crippen molar-refractivity contribution in [2.24, 2.45) is 0 Å². The van der Waals surface area contributed by atoms with Gasteiger partial charge >= 0.3 is 0 Å². The van der Waals surface area contributed by atoms with Crippen molar-refractivity contribution in [3.05, 3.63) is 28.2 Å². The Labute approximate surface area is 171 Å². The van der Waals surface area contributed by atoms with Gasteiger partial charge in [-0.15, -0.1) is 10.2 Å². The van der Waals surface area contributed by atoms with Crippen LogP contribution in [0.15, 0.2) is 22.5 Å². The fraction of sp³-hybridized carbons (Fsp3) is 0.471. The quantitative estimate of drug-likeness (QED) is 0.550. The summed E-state index contributed by atoms with van der Waals surface area (Å²) in [6.07, 6.45) is 6.64. The van der Waals surface area contributed by atoms with Gasteiger partial charge in [-0.1, -0.05) is 71.6 Å². The molecule has 140 valence electrons. The SMILES string of the molecule is O=C(CCSc1nnc(NC2CCCCC2)s1)Nc1c(Cl)cccc1Cl. The summed E-state index contributed by atoms with van der Waals surface area (Å²) in [4.78, 5) is 12.1. The van der Waals surface area contributed by atoms with Crippen LogP contribution in [0.5, 0.6) is 0 Å². The van der Waals surface area contributed by atoms with Crippen molar-refractivity contribution in [2.45, 2.75) is 48.9 Å². The molecule has 5 nitrogen and oxygen atoms in total. The number of carbonyl (C=O) groups is 1. The molecule has 2 aromatic rings. The molecular weight excluding hydrogens is 411 g/mol. The highest BCUT2D eigenvalue weighted by Crippen LogP contribution is 2.31. The molecule has 9 heteroatoms. The van der Waals surface area contributed by atoms with Crippen LogP contribution in [-0.4, -0.2) is 27.9 Å². The number of thioether (sulfide) groups is 1. The van der Waals surface area contributed by atoms with Gasteiger partial charge in [0, 0.05) is 18.2 Å². The average molecular weight is 431 g/mol. The second kappa shape index (κ2) is 9.78. The number of nitrogens with zero attached hydrogens (tertiary/aromatic N) is 2. The fourth-order valence-corrected chi connectivity index (χ4v) is 5.13. The molecule has 1 aliphatic rings. The maximum absolute atomic E-state index is 12.1. The molecule has 0 saturated heterocycles. The molecule has 1 amide bonds. The second-order valence-corrected chi connectivity index (χ2v) is 9.23. The van der Waals surface area contributed by atoms with E-state index in [0.29, 0.717) is 33.9 Å². The lowest BCUT2D eigenvalue weighted by Crippen LogP contribution is -2.21. The van der Waals surface area contributed by atoms with Crippen LogP contribution in [0, 0.1) is 0 Å².